The molecule has 0 aromatic rings. The van der Waals surface area contributed by atoms with Crippen LogP contribution in [0.2, 0.25) is 0 Å². The van der Waals surface area contributed by atoms with Crippen LogP contribution < -0.4 is 0 Å². The van der Waals surface area contributed by atoms with Crippen LogP contribution in [0.15, 0.2) is 10.3 Å². The molecule has 1 saturated carbocycles. The Morgan fingerprint density at radius 1 is 1.13 bits per heavy atom. The first-order valence-corrected chi connectivity index (χ1v) is 5.68. The van der Waals surface area contributed by atoms with Gasteiger partial charge >= 0.3 is 0 Å². The van der Waals surface area contributed by atoms with Crippen molar-refractivity contribution in [1.29, 1.82) is 0 Å². The molecule has 0 atom stereocenters. The summed E-state index contributed by atoms with van der Waals surface area (Å²) in [6, 6.07) is 0. The predicted octanol–water partition coefficient (Wildman–Crippen LogP) is 3.94. The topological polar surface area (TPSA) is 78.2 Å². The fourth-order valence-electron chi connectivity index (χ4n) is 1.74. The Morgan fingerprint density at radius 2 is 1.80 bits per heavy atom. The largest absolute Gasteiger partial charge is 0.150 e. The van der Waals surface area contributed by atoms with Crippen molar-refractivity contribution in [3.05, 3.63) is 15.3 Å². The van der Waals surface area contributed by atoms with E-state index in [2.05, 4.69) is 15.2 Å². The highest BCUT2D eigenvalue weighted by Crippen LogP contribution is 2.43. The zero-order valence-corrected chi connectivity index (χ0v) is 9.06. The van der Waals surface area contributed by atoms with E-state index in [1.54, 1.807) is 0 Å². The number of rotatable bonds is 9. The number of azide groups is 1. The molecule has 0 heterocycles. The molecule has 5 heteroatoms. The maximum absolute atomic E-state index is 10.4. The van der Waals surface area contributed by atoms with Crippen molar-refractivity contribution in [2.24, 2.45) is 10.3 Å². The molecular weight excluding hydrogens is 192 g/mol. The number of unbranched alkanes of at least 4 members (excludes halogenated alkanes) is 4. The van der Waals surface area contributed by atoms with Gasteiger partial charge in [0.15, 0.2) is 0 Å². The molecule has 1 rings (SSSR count). The summed E-state index contributed by atoms with van der Waals surface area (Å²) in [5.41, 5.74) is 7.89. The zero-order valence-electron chi connectivity index (χ0n) is 9.06. The summed E-state index contributed by atoms with van der Waals surface area (Å²) in [5, 5.41) is 6.66. The molecular formula is C10H18N4O. The standard InChI is InChI=1S/C10H18N4O/c11-14-12-9-5-3-1-2-4-6-10(13-15)7-8-10/h1-9H2. The minimum absolute atomic E-state index is 0.162. The van der Waals surface area contributed by atoms with Gasteiger partial charge in [-0.15, -0.1) is 0 Å². The van der Waals surface area contributed by atoms with Gasteiger partial charge in [0, 0.05) is 11.5 Å². The summed E-state index contributed by atoms with van der Waals surface area (Å²) in [5.74, 6) is 0. The Kier molecular flexibility index (Phi) is 5.12. The number of nitroso groups, excluding NO2 is 1. The summed E-state index contributed by atoms with van der Waals surface area (Å²) < 4.78 is 0. The third-order valence-corrected chi connectivity index (χ3v) is 2.98. The molecule has 0 spiro atoms. The van der Waals surface area contributed by atoms with Crippen LogP contribution in [0.5, 0.6) is 0 Å². The highest BCUT2D eigenvalue weighted by Gasteiger charge is 2.43. The second kappa shape index (κ2) is 6.40. The molecule has 0 saturated heterocycles. The van der Waals surface area contributed by atoms with Crippen molar-refractivity contribution in [3.8, 4) is 0 Å². The van der Waals surface area contributed by atoms with Gasteiger partial charge in [-0.2, -0.15) is 4.91 Å². The normalized spacial score (nSPS) is 16.8. The fourth-order valence-corrected chi connectivity index (χ4v) is 1.74. The zero-order chi connectivity index (χ0) is 11.0. The Morgan fingerprint density at radius 3 is 2.40 bits per heavy atom. The van der Waals surface area contributed by atoms with E-state index in [1.807, 2.05) is 0 Å². The van der Waals surface area contributed by atoms with Crippen LogP contribution in [-0.2, 0) is 0 Å². The second-order valence-corrected chi connectivity index (χ2v) is 4.29. The van der Waals surface area contributed by atoms with Gasteiger partial charge in [0.05, 0.1) is 0 Å². The van der Waals surface area contributed by atoms with Crippen molar-refractivity contribution in [2.45, 2.75) is 56.9 Å². The maximum Gasteiger partial charge on any atom is 0.103 e. The lowest BCUT2D eigenvalue weighted by atomic mass is 10.1. The quantitative estimate of drug-likeness (QED) is 0.187. The molecule has 0 N–H and O–H groups in total. The van der Waals surface area contributed by atoms with Gasteiger partial charge in [-0.05, 0) is 31.2 Å². The van der Waals surface area contributed by atoms with Crippen molar-refractivity contribution < 1.29 is 0 Å². The summed E-state index contributed by atoms with van der Waals surface area (Å²) >= 11 is 0. The molecule has 15 heavy (non-hydrogen) atoms. The monoisotopic (exact) mass is 210 g/mol. The van der Waals surface area contributed by atoms with Crippen LogP contribution in [0.3, 0.4) is 0 Å². The lowest BCUT2D eigenvalue weighted by Gasteiger charge is -2.04. The summed E-state index contributed by atoms with van der Waals surface area (Å²) in [7, 11) is 0. The van der Waals surface area contributed by atoms with E-state index >= 15 is 0 Å². The molecule has 0 bridgehead atoms. The van der Waals surface area contributed by atoms with E-state index in [0.29, 0.717) is 6.54 Å². The Labute approximate surface area is 89.8 Å². The van der Waals surface area contributed by atoms with Crippen molar-refractivity contribution >= 4 is 0 Å². The van der Waals surface area contributed by atoms with Gasteiger partial charge in [-0.1, -0.05) is 36.0 Å². The van der Waals surface area contributed by atoms with E-state index in [9.17, 15) is 4.91 Å². The van der Waals surface area contributed by atoms with Crippen LogP contribution in [0.25, 0.3) is 10.4 Å². The average Bonchev–Trinajstić information content (AvgIpc) is 3.03. The van der Waals surface area contributed by atoms with Gasteiger partial charge in [-0.25, -0.2) is 0 Å². The maximum atomic E-state index is 10.4. The summed E-state index contributed by atoms with van der Waals surface area (Å²) in [6.07, 6.45) is 8.46. The Hall–Kier alpha value is -1.09. The van der Waals surface area contributed by atoms with Crippen LogP contribution in [0.4, 0.5) is 0 Å². The van der Waals surface area contributed by atoms with Crippen molar-refractivity contribution in [1.82, 2.24) is 0 Å². The molecule has 0 aliphatic heterocycles. The van der Waals surface area contributed by atoms with Crippen molar-refractivity contribution in [3.63, 3.8) is 0 Å². The van der Waals surface area contributed by atoms with Crippen LogP contribution in [-0.4, -0.2) is 12.1 Å². The van der Waals surface area contributed by atoms with E-state index in [0.717, 1.165) is 51.4 Å². The smallest absolute Gasteiger partial charge is 0.103 e. The first-order chi connectivity index (χ1) is 7.33. The first kappa shape index (κ1) is 12.0. The molecule has 0 aromatic heterocycles. The molecule has 1 aliphatic rings. The number of hydrogen-bond acceptors (Lipinski definition) is 3. The van der Waals surface area contributed by atoms with E-state index in [-0.39, 0.29) is 5.54 Å². The summed E-state index contributed by atoms with van der Waals surface area (Å²) in [6.45, 7) is 0.607. The van der Waals surface area contributed by atoms with Gasteiger partial charge in [0.25, 0.3) is 0 Å². The molecule has 0 amide bonds. The third kappa shape index (κ3) is 4.79. The van der Waals surface area contributed by atoms with E-state index in [4.69, 9.17) is 5.53 Å². The van der Waals surface area contributed by atoms with Crippen molar-refractivity contribution in [2.75, 3.05) is 6.54 Å². The molecule has 1 aliphatic carbocycles. The fraction of sp³-hybridized carbons (Fsp3) is 1.00. The highest BCUT2D eigenvalue weighted by molar-refractivity contribution is 5.01. The molecule has 84 valence electrons. The minimum atomic E-state index is -0.162. The number of hydrogen-bond donors (Lipinski definition) is 0. The van der Waals surface area contributed by atoms with Crippen LogP contribution in [0.1, 0.15) is 51.4 Å². The molecule has 0 aromatic carbocycles. The van der Waals surface area contributed by atoms with E-state index in [1.165, 1.54) is 0 Å². The minimum Gasteiger partial charge on any atom is -0.150 e. The SMILES string of the molecule is [N-]=[N+]=NCCCCCCCC1(N=O)CC1. The Bertz CT molecular complexity index is 244. The van der Waals surface area contributed by atoms with Gasteiger partial charge in [0.1, 0.15) is 5.54 Å². The lowest BCUT2D eigenvalue weighted by molar-refractivity contribution is 0.529. The molecule has 5 nitrogen and oxygen atoms in total. The lowest BCUT2D eigenvalue weighted by Crippen LogP contribution is -2.02. The predicted molar refractivity (Wildman–Crippen MR) is 59.5 cm³/mol. The first-order valence-electron chi connectivity index (χ1n) is 5.68. The summed E-state index contributed by atoms with van der Waals surface area (Å²) in [4.78, 5) is 13.1. The molecule has 0 radical (unpaired) electrons. The Balaban J connectivity index is 1.85. The van der Waals surface area contributed by atoms with Gasteiger partial charge in [0.2, 0.25) is 0 Å². The van der Waals surface area contributed by atoms with Gasteiger partial charge < -0.3 is 0 Å². The third-order valence-electron chi connectivity index (χ3n) is 2.98. The highest BCUT2D eigenvalue weighted by atomic mass is 16.3. The molecule has 1 fully saturated rings. The van der Waals surface area contributed by atoms with Crippen LogP contribution in [0, 0.1) is 4.91 Å². The average molecular weight is 210 g/mol. The van der Waals surface area contributed by atoms with Gasteiger partial charge in [-0.3, -0.25) is 0 Å². The van der Waals surface area contributed by atoms with Crippen LogP contribution >= 0.6 is 0 Å². The second-order valence-electron chi connectivity index (χ2n) is 4.29. The molecule has 0 unspecified atom stereocenters. The van der Waals surface area contributed by atoms with E-state index < -0.39 is 0 Å². The number of nitrogens with zero attached hydrogens (tertiary/aromatic N) is 4.